The number of hydrazine groups is 1. The molecule has 0 aliphatic carbocycles. The monoisotopic (exact) mass is 251 g/mol. The van der Waals surface area contributed by atoms with Gasteiger partial charge in [-0.1, -0.05) is 6.92 Å². The second-order valence-electron chi connectivity index (χ2n) is 2.87. The van der Waals surface area contributed by atoms with Crippen LogP contribution in [0.4, 0.5) is 8.78 Å². The maximum atomic E-state index is 12.3. The van der Waals surface area contributed by atoms with Crippen LogP contribution in [-0.4, -0.2) is 41.7 Å². The standard InChI is InChI=1S/C8H15F2N5S/c1-3-11-7-12-5-15(13-4-2)8(14-7)16-6(9)10/h5-6,8,13H,3-4H2,1-2H3,(H,11,14). The summed E-state index contributed by atoms with van der Waals surface area (Å²) in [4.78, 5) is 8.06. The van der Waals surface area contributed by atoms with E-state index in [1.54, 1.807) is 0 Å². The molecule has 0 radical (unpaired) electrons. The third-order valence-corrected chi connectivity index (χ3v) is 2.46. The second kappa shape index (κ2) is 6.64. The van der Waals surface area contributed by atoms with Gasteiger partial charge in [-0.2, -0.15) is 8.78 Å². The van der Waals surface area contributed by atoms with Crippen LogP contribution in [0.1, 0.15) is 13.8 Å². The highest BCUT2D eigenvalue weighted by Gasteiger charge is 2.23. The van der Waals surface area contributed by atoms with Gasteiger partial charge in [-0.15, -0.1) is 0 Å². The van der Waals surface area contributed by atoms with E-state index in [1.807, 2.05) is 13.8 Å². The van der Waals surface area contributed by atoms with Crippen molar-refractivity contribution in [3.8, 4) is 0 Å². The minimum absolute atomic E-state index is 0.384. The number of aliphatic imine (C=N–C) groups is 2. The summed E-state index contributed by atoms with van der Waals surface area (Å²) in [5.74, 6) is -2.08. The molecule has 5 nitrogen and oxygen atoms in total. The summed E-state index contributed by atoms with van der Waals surface area (Å²) in [7, 11) is 0. The SMILES string of the molecule is CCNC1=NC(SC(F)F)N(NCC)C=N1. The quantitative estimate of drug-likeness (QED) is 0.767. The van der Waals surface area contributed by atoms with Crippen molar-refractivity contribution in [3.05, 3.63) is 0 Å². The van der Waals surface area contributed by atoms with Crippen molar-refractivity contribution in [2.75, 3.05) is 13.1 Å². The zero-order chi connectivity index (χ0) is 12.0. The van der Waals surface area contributed by atoms with Crippen molar-refractivity contribution in [1.82, 2.24) is 15.8 Å². The van der Waals surface area contributed by atoms with Crippen LogP contribution in [0.2, 0.25) is 0 Å². The lowest BCUT2D eigenvalue weighted by Crippen LogP contribution is -2.46. The van der Waals surface area contributed by atoms with E-state index in [-0.39, 0.29) is 0 Å². The van der Waals surface area contributed by atoms with E-state index in [0.717, 1.165) is 0 Å². The Labute approximate surface area is 97.4 Å². The third kappa shape index (κ3) is 3.93. The Morgan fingerprint density at radius 1 is 1.50 bits per heavy atom. The molecule has 1 heterocycles. The molecule has 0 aromatic carbocycles. The highest BCUT2D eigenvalue weighted by molar-refractivity contribution is 8.00. The number of guanidine groups is 1. The van der Waals surface area contributed by atoms with E-state index in [0.29, 0.717) is 30.8 Å². The third-order valence-electron chi connectivity index (χ3n) is 1.68. The first-order chi connectivity index (χ1) is 7.67. The van der Waals surface area contributed by atoms with Crippen molar-refractivity contribution in [3.63, 3.8) is 0 Å². The predicted molar refractivity (Wildman–Crippen MR) is 62.5 cm³/mol. The fraction of sp³-hybridized carbons (Fsp3) is 0.750. The van der Waals surface area contributed by atoms with Crippen LogP contribution in [0.5, 0.6) is 0 Å². The van der Waals surface area contributed by atoms with E-state index >= 15 is 0 Å². The van der Waals surface area contributed by atoms with Crippen LogP contribution in [0, 0.1) is 0 Å². The van der Waals surface area contributed by atoms with Crippen molar-refractivity contribution in [2.45, 2.75) is 25.1 Å². The smallest absolute Gasteiger partial charge is 0.288 e. The van der Waals surface area contributed by atoms with Crippen LogP contribution in [0.3, 0.4) is 0 Å². The first kappa shape index (κ1) is 13.2. The van der Waals surface area contributed by atoms with Crippen molar-refractivity contribution < 1.29 is 8.78 Å². The van der Waals surface area contributed by atoms with Gasteiger partial charge >= 0.3 is 0 Å². The molecule has 1 atom stereocenters. The molecule has 0 aromatic heterocycles. The van der Waals surface area contributed by atoms with Crippen molar-refractivity contribution in [1.29, 1.82) is 0 Å². The summed E-state index contributed by atoms with van der Waals surface area (Å²) in [6, 6.07) is 0. The first-order valence-corrected chi connectivity index (χ1v) is 5.93. The molecule has 0 spiro atoms. The van der Waals surface area contributed by atoms with Gasteiger partial charge in [0.15, 0.2) is 5.50 Å². The molecule has 0 saturated carbocycles. The zero-order valence-corrected chi connectivity index (χ0v) is 9.97. The van der Waals surface area contributed by atoms with Crippen molar-refractivity contribution >= 4 is 24.1 Å². The number of halogens is 2. The Morgan fingerprint density at radius 2 is 2.25 bits per heavy atom. The lowest BCUT2D eigenvalue weighted by atomic mass is 10.7. The fourth-order valence-electron chi connectivity index (χ4n) is 1.11. The summed E-state index contributed by atoms with van der Waals surface area (Å²) in [6.45, 7) is 5.05. The van der Waals surface area contributed by atoms with Crippen LogP contribution in [-0.2, 0) is 0 Å². The van der Waals surface area contributed by atoms with E-state index < -0.39 is 11.3 Å². The van der Waals surface area contributed by atoms with E-state index in [1.165, 1.54) is 11.3 Å². The Bertz CT molecular complexity index is 271. The molecule has 0 amide bonds. The van der Waals surface area contributed by atoms with Gasteiger partial charge in [0.25, 0.3) is 5.76 Å². The number of nitrogens with zero attached hydrogens (tertiary/aromatic N) is 3. The molecule has 0 bridgehead atoms. The molecule has 2 N–H and O–H groups in total. The molecule has 1 aliphatic rings. The molecule has 0 saturated heterocycles. The predicted octanol–water partition coefficient (Wildman–Crippen LogP) is 1.06. The van der Waals surface area contributed by atoms with Gasteiger partial charge in [0.1, 0.15) is 6.34 Å². The molecule has 92 valence electrons. The van der Waals surface area contributed by atoms with Gasteiger partial charge in [0, 0.05) is 13.1 Å². The molecule has 1 rings (SSSR count). The molecule has 8 heteroatoms. The maximum Gasteiger partial charge on any atom is 0.288 e. The van der Waals surface area contributed by atoms with Crippen LogP contribution in [0.25, 0.3) is 0 Å². The fourth-order valence-corrected chi connectivity index (χ4v) is 1.72. The molecule has 0 aromatic rings. The lowest BCUT2D eigenvalue weighted by molar-refractivity contribution is 0.242. The molecular formula is C8H15F2N5S. The number of thioether (sulfide) groups is 1. The first-order valence-electron chi connectivity index (χ1n) is 4.98. The Balaban J connectivity index is 2.66. The van der Waals surface area contributed by atoms with Crippen LogP contribution < -0.4 is 10.7 Å². The van der Waals surface area contributed by atoms with Crippen LogP contribution >= 0.6 is 11.8 Å². The number of nitrogens with one attached hydrogen (secondary N) is 2. The van der Waals surface area contributed by atoms with Gasteiger partial charge in [-0.05, 0) is 18.7 Å². The normalized spacial score (nSPS) is 20.2. The van der Waals surface area contributed by atoms with Gasteiger partial charge in [-0.3, -0.25) is 5.01 Å². The highest BCUT2D eigenvalue weighted by Crippen LogP contribution is 2.24. The van der Waals surface area contributed by atoms with E-state index in [2.05, 4.69) is 20.7 Å². The zero-order valence-electron chi connectivity index (χ0n) is 9.15. The molecule has 16 heavy (non-hydrogen) atoms. The van der Waals surface area contributed by atoms with Gasteiger partial charge in [0.2, 0.25) is 5.96 Å². The average Bonchev–Trinajstić information content (AvgIpc) is 2.22. The van der Waals surface area contributed by atoms with Gasteiger partial charge in [0.05, 0.1) is 0 Å². The molecule has 1 unspecified atom stereocenters. The largest absolute Gasteiger partial charge is 0.355 e. The summed E-state index contributed by atoms with van der Waals surface area (Å²) >= 11 is 0.464. The summed E-state index contributed by atoms with van der Waals surface area (Å²) in [6.07, 6.45) is 1.47. The minimum Gasteiger partial charge on any atom is -0.355 e. The molecular weight excluding hydrogens is 236 g/mol. The second-order valence-corrected chi connectivity index (χ2v) is 3.92. The maximum absolute atomic E-state index is 12.3. The van der Waals surface area contributed by atoms with Crippen molar-refractivity contribution in [2.24, 2.45) is 9.98 Å². The van der Waals surface area contributed by atoms with Crippen LogP contribution in [0.15, 0.2) is 9.98 Å². The van der Waals surface area contributed by atoms with E-state index in [9.17, 15) is 8.78 Å². The summed E-state index contributed by atoms with van der Waals surface area (Å²) < 4.78 is 24.6. The summed E-state index contributed by atoms with van der Waals surface area (Å²) in [5, 5.41) is 4.36. The van der Waals surface area contributed by atoms with Gasteiger partial charge in [-0.25, -0.2) is 15.4 Å². The Kier molecular flexibility index (Phi) is 5.47. The number of rotatable bonds is 5. The van der Waals surface area contributed by atoms with Gasteiger partial charge < -0.3 is 5.32 Å². The number of hydrogen-bond acceptors (Lipinski definition) is 6. The summed E-state index contributed by atoms with van der Waals surface area (Å²) in [5.41, 5.74) is 2.21. The Morgan fingerprint density at radius 3 is 2.81 bits per heavy atom. The Hall–Kier alpha value is -0.890. The average molecular weight is 251 g/mol. The topological polar surface area (TPSA) is 52.0 Å². The van der Waals surface area contributed by atoms with E-state index in [4.69, 9.17) is 0 Å². The molecule has 0 fully saturated rings. The number of hydrogen-bond donors (Lipinski definition) is 2. The highest BCUT2D eigenvalue weighted by atomic mass is 32.2. The number of alkyl halides is 2. The molecule has 1 aliphatic heterocycles. The lowest BCUT2D eigenvalue weighted by Gasteiger charge is -2.29. The minimum atomic E-state index is -2.47.